The molecule has 0 aliphatic carbocycles. The maximum atomic E-state index is 13.0. The Labute approximate surface area is 128 Å². The average molecular weight is 326 g/mol. The van der Waals surface area contributed by atoms with E-state index in [1.165, 1.54) is 42.5 Å². The van der Waals surface area contributed by atoms with Crippen LogP contribution in [0.5, 0.6) is 0 Å². The fourth-order valence-electron chi connectivity index (χ4n) is 2.24. The summed E-state index contributed by atoms with van der Waals surface area (Å²) in [6.45, 7) is 1.61. The predicted molar refractivity (Wildman–Crippen MR) is 80.0 cm³/mol. The zero-order valence-electron chi connectivity index (χ0n) is 12.0. The van der Waals surface area contributed by atoms with Crippen molar-refractivity contribution in [2.45, 2.75) is 18.8 Å². The van der Waals surface area contributed by atoms with Crippen LogP contribution in [0.15, 0.2) is 42.5 Å². The minimum Gasteiger partial charge on any atom is -0.387 e. The molecule has 1 N–H and O–H groups in total. The van der Waals surface area contributed by atoms with Gasteiger partial charge < -0.3 is 5.11 Å². The number of benzene rings is 2. The summed E-state index contributed by atoms with van der Waals surface area (Å²) >= 11 is 0. The molecule has 118 valence electrons. The Hall–Kier alpha value is -1.79. The molecule has 0 aliphatic heterocycles. The molecule has 1 unspecified atom stereocenters. The number of aliphatic hydroxyl groups is 1. The van der Waals surface area contributed by atoms with Gasteiger partial charge >= 0.3 is 0 Å². The first kappa shape index (κ1) is 16.6. The summed E-state index contributed by atoms with van der Waals surface area (Å²) in [4.78, 5) is 0. The highest BCUT2D eigenvalue weighted by molar-refractivity contribution is 7.90. The summed E-state index contributed by atoms with van der Waals surface area (Å²) in [6, 6.07) is 8.95. The molecule has 0 aromatic heterocycles. The second kappa shape index (κ2) is 6.54. The van der Waals surface area contributed by atoms with Gasteiger partial charge in [0.1, 0.15) is 11.6 Å². The Bertz CT molecular complexity index is 755. The Balaban J connectivity index is 2.12. The van der Waals surface area contributed by atoms with Crippen LogP contribution < -0.4 is 0 Å². The van der Waals surface area contributed by atoms with Gasteiger partial charge in [-0.1, -0.05) is 18.2 Å². The van der Waals surface area contributed by atoms with E-state index in [9.17, 15) is 22.3 Å². The van der Waals surface area contributed by atoms with Gasteiger partial charge in [0.15, 0.2) is 9.84 Å². The third-order valence-electron chi connectivity index (χ3n) is 3.30. The maximum absolute atomic E-state index is 13.0. The van der Waals surface area contributed by atoms with Crippen LogP contribution in [0.1, 0.15) is 22.8 Å². The first-order chi connectivity index (χ1) is 10.3. The van der Waals surface area contributed by atoms with Gasteiger partial charge in [-0.2, -0.15) is 0 Å². The fraction of sp³-hybridized carbons (Fsp3) is 0.250. The van der Waals surface area contributed by atoms with Gasteiger partial charge in [-0.3, -0.25) is 0 Å². The maximum Gasteiger partial charge on any atom is 0.157 e. The van der Waals surface area contributed by atoms with Crippen molar-refractivity contribution < 1.29 is 22.3 Å². The number of sulfone groups is 1. The Morgan fingerprint density at radius 2 is 1.64 bits per heavy atom. The van der Waals surface area contributed by atoms with E-state index < -0.39 is 33.3 Å². The molecular weight excluding hydrogens is 310 g/mol. The molecule has 0 amide bonds. The molecule has 0 heterocycles. The van der Waals surface area contributed by atoms with E-state index in [-0.39, 0.29) is 5.75 Å². The van der Waals surface area contributed by atoms with Crippen LogP contribution in [-0.4, -0.2) is 19.3 Å². The lowest BCUT2D eigenvalue weighted by molar-refractivity contribution is 0.201. The van der Waals surface area contributed by atoms with Gasteiger partial charge in [-0.25, -0.2) is 17.2 Å². The molecular formula is C16H16F2O3S. The van der Waals surface area contributed by atoms with E-state index in [1.54, 1.807) is 6.92 Å². The van der Waals surface area contributed by atoms with Crippen molar-refractivity contribution in [2.75, 3.05) is 5.75 Å². The summed E-state index contributed by atoms with van der Waals surface area (Å²) in [5, 5.41) is 10.1. The van der Waals surface area contributed by atoms with Gasteiger partial charge in [-0.15, -0.1) is 0 Å². The highest BCUT2D eigenvalue weighted by Gasteiger charge is 2.21. The number of rotatable bonds is 5. The summed E-state index contributed by atoms with van der Waals surface area (Å²) in [6.07, 6.45) is -1.23. The summed E-state index contributed by atoms with van der Waals surface area (Å²) in [5.41, 5.74) is 1.32. The zero-order chi connectivity index (χ0) is 16.3. The molecule has 0 saturated carbocycles. The normalized spacial score (nSPS) is 13.1. The quantitative estimate of drug-likeness (QED) is 0.919. The molecule has 0 fully saturated rings. The molecule has 2 rings (SSSR count). The van der Waals surface area contributed by atoms with Gasteiger partial charge in [0, 0.05) is 0 Å². The van der Waals surface area contributed by atoms with Gasteiger partial charge in [-0.05, 0) is 47.9 Å². The lowest BCUT2D eigenvalue weighted by Gasteiger charge is -2.14. The smallest absolute Gasteiger partial charge is 0.157 e. The van der Waals surface area contributed by atoms with E-state index in [4.69, 9.17) is 0 Å². The van der Waals surface area contributed by atoms with Crippen molar-refractivity contribution in [3.63, 3.8) is 0 Å². The zero-order valence-corrected chi connectivity index (χ0v) is 12.8. The third kappa shape index (κ3) is 4.35. The monoisotopic (exact) mass is 326 g/mol. The number of halogens is 2. The van der Waals surface area contributed by atoms with Crippen LogP contribution in [-0.2, 0) is 15.6 Å². The van der Waals surface area contributed by atoms with Crippen LogP contribution in [0.4, 0.5) is 8.78 Å². The molecule has 0 aliphatic rings. The number of hydrogen-bond acceptors (Lipinski definition) is 3. The average Bonchev–Trinajstić information content (AvgIpc) is 2.40. The van der Waals surface area contributed by atoms with Crippen molar-refractivity contribution in [2.24, 2.45) is 0 Å². The molecule has 6 heteroatoms. The Morgan fingerprint density at radius 1 is 1.05 bits per heavy atom. The van der Waals surface area contributed by atoms with Gasteiger partial charge in [0.25, 0.3) is 0 Å². The van der Waals surface area contributed by atoms with Crippen LogP contribution in [0.3, 0.4) is 0 Å². The van der Waals surface area contributed by atoms with Crippen molar-refractivity contribution in [3.05, 3.63) is 70.8 Å². The molecule has 0 bridgehead atoms. The summed E-state index contributed by atoms with van der Waals surface area (Å²) < 4.78 is 50.1. The van der Waals surface area contributed by atoms with Crippen molar-refractivity contribution >= 4 is 9.84 Å². The Kier molecular flexibility index (Phi) is 4.93. The SMILES string of the molecule is Cc1cc(F)ccc1C(O)CS(=O)(=O)Cc1ccc(F)cc1. The molecule has 3 nitrogen and oxygen atoms in total. The van der Waals surface area contributed by atoms with E-state index in [0.29, 0.717) is 16.7 Å². The lowest BCUT2D eigenvalue weighted by atomic mass is 10.0. The molecule has 22 heavy (non-hydrogen) atoms. The number of aliphatic hydroxyl groups excluding tert-OH is 1. The number of hydrogen-bond donors (Lipinski definition) is 1. The van der Waals surface area contributed by atoms with E-state index in [2.05, 4.69) is 0 Å². The lowest BCUT2D eigenvalue weighted by Crippen LogP contribution is -2.17. The van der Waals surface area contributed by atoms with E-state index >= 15 is 0 Å². The first-order valence-electron chi connectivity index (χ1n) is 6.66. The predicted octanol–water partition coefficient (Wildman–Crippen LogP) is 2.92. The molecule has 0 radical (unpaired) electrons. The van der Waals surface area contributed by atoms with Crippen molar-refractivity contribution in [1.29, 1.82) is 0 Å². The van der Waals surface area contributed by atoms with Crippen LogP contribution in [0.25, 0.3) is 0 Å². The molecule has 0 spiro atoms. The van der Waals surface area contributed by atoms with Crippen molar-refractivity contribution in [3.8, 4) is 0 Å². The van der Waals surface area contributed by atoms with Crippen molar-refractivity contribution in [1.82, 2.24) is 0 Å². The van der Waals surface area contributed by atoms with E-state index in [0.717, 1.165) is 0 Å². The molecule has 1 atom stereocenters. The summed E-state index contributed by atoms with van der Waals surface area (Å²) in [5.74, 6) is -1.65. The van der Waals surface area contributed by atoms with Gasteiger partial charge in [0.2, 0.25) is 0 Å². The van der Waals surface area contributed by atoms with Gasteiger partial charge in [0.05, 0.1) is 17.6 Å². The first-order valence-corrected chi connectivity index (χ1v) is 8.48. The van der Waals surface area contributed by atoms with Crippen LogP contribution in [0.2, 0.25) is 0 Å². The third-order valence-corrected chi connectivity index (χ3v) is 4.90. The fourth-order valence-corrected chi connectivity index (χ4v) is 3.72. The highest BCUT2D eigenvalue weighted by atomic mass is 32.2. The molecule has 0 saturated heterocycles. The number of aryl methyl sites for hydroxylation is 1. The highest BCUT2D eigenvalue weighted by Crippen LogP contribution is 2.21. The molecule has 2 aromatic carbocycles. The van der Waals surface area contributed by atoms with Crippen LogP contribution in [0, 0.1) is 18.6 Å². The largest absolute Gasteiger partial charge is 0.387 e. The minimum atomic E-state index is -3.59. The minimum absolute atomic E-state index is 0.287. The second-order valence-corrected chi connectivity index (χ2v) is 7.31. The van der Waals surface area contributed by atoms with Crippen LogP contribution >= 0.6 is 0 Å². The topological polar surface area (TPSA) is 54.4 Å². The standard InChI is InChI=1S/C16H16F2O3S/c1-11-8-14(18)6-7-15(11)16(19)10-22(20,21)9-12-2-4-13(17)5-3-12/h2-8,16,19H,9-10H2,1H3. The van der Waals surface area contributed by atoms with E-state index in [1.807, 2.05) is 0 Å². The summed E-state index contributed by atoms with van der Waals surface area (Å²) in [7, 11) is -3.59. The Morgan fingerprint density at radius 3 is 2.23 bits per heavy atom. The second-order valence-electron chi connectivity index (χ2n) is 5.20. The molecule has 2 aromatic rings.